The van der Waals surface area contributed by atoms with Crippen molar-refractivity contribution < 1.29 is 18.3 Å². The molecule has 0 radical (unpaired) electrons. The lowest BCUT2D eigenvalue weighted by molar-refractivity contribution is -0.136. The van der Waals surface area contributed by atoms with Crippen LogP contribution in [0.1, 0.15) is 5.56 Å². The number of thiophene rings is 1. The van der Waals surface area contributed by atoms with Gasteiger partial charge < -0.3 is 5.11 Å². The zero-order chi connectivity index (χ0) is 16.4. The van der Waals surface area contributed by atoms with E-state index in [0.29, 0.717) is 16.6 Å². The van der Waals surface area contributed by atoms with E-state index in [1.165, 1.54) is 11.3 Å². The van der Waals surface area contributed by atoms with Crippen molar-refractivity contribution in [3.63, 3.8) is 0 Å². The van der Waals surface area contributed by atoms with Crippen LogP contribution < -0.4 is 4.72 Å². The molecular formula is C16H13NO4S2. The van der Waals surface area contributed by atoms with Crippen molar-refractivity contribution in [3.8, 4) is 0 Å². The maximum Gasteiger partial charge on any atom is 0.307 e. The van der Waals surface area contributed by atoms with Gasteiger partial charge in [-0.1, -0.05) is 30.3 Å². The second kappa shape index (κ2) is 6.02. The third-order valence-corrected chi connectivity index (χ3v) is 5.83. The summed E-state index contributed by atoms with van der Waals surface area (Å²) in [5, 5.41) is 11.0. The monoisotopic (exact) mass is 347 g/mol. The van der Waals surface area contributed by atoms with E-state index >= 15 is 0 Å². The topological polar surface area (TPSA) is 83.5 Å². The van der Waals surface area contributed by atoms with Crippen molar-refractivity contribution in [3.05, 3.63) is 59.5 Å². The number of benzene rings is 2. The van der Waals surface area contributed by atoms with Gasteiger partial charge in [0.2, 0.25) is 0 Å². The highest BCUT2D eigenvalue weighted by molar-refractivity contribution is 7.93. The van der Waals surface area contributed by atoms with Crippen molar-refractivity contribution in [2.75, 3.05) is 4.72 Å². The van der Waals surface area contributed by atoms with E-state index in [9.17, 15) is 13.2 Å². The average Bonchev–Trinajstić information content (AvgIpc) is 2.93. The molecule has 0 saturated carbocycles. The number of nitrogens with one attached hydrogen (secondary N) is 1. The van der Waals surface area contributed by atoms with Gasteiger partial charge in [0, 0.05) is 21.2 Å². The first-order valence-electron chi connectivity index (χ1n) is 6.75. The molecule has 0 aliphatic heterocycles. The van der Waals surface area contributed by atoms with Gasteiger partial charge in [-0.25, -0.2) is 8.42 Å². The molecule has 3 aromatic rings. The standard InChI is InChI=1S/C16H13NO4S2/c18-16(19)9-11-5-7-12(8-6-11)17-23(20,21)15-10-22-14-4-2-1-3-13(14)15/h1-8,10,17H,9H2,(H,18,19). The minimum absolute atomic E-state index is 0.0950. The van der Waals surface area contributed by atoms with Crippen LogP contribution in [0.25, 0.3) is 10.1 Å². The van der Waals surface area contributed by atoms with Crippen molar-refractivity contribution in [1.29, 1.82) is 0 Å². The van der Waals surface area contributed by atoms with Crippen LogP contribution in [-0.4, -0.2) is 19.5 Å². The van der Waals surface area contributed by atoms with Crippen LogP contribution in [0.2, 0.25) is 0 Å². The predicted octanol–water partition coefficient (Wildman–Crippen LogP) is 3.33. The van der Waals surface area contributed by atoms with Gasteiger partial charge in [-0.05, 0) is 23.8 Å². The zero-order valence-corrected chi connectivity index (χ0v) is 13.5. The zero-order valence-electron chi connectivity index (χ0n) is 11.9. The van der Waals surface area contributed by atoms with Gasteiger partial charge in [-0.15, -0.1) is 11.3 Å². The number of carboxylic acids is 1. The van der Waals surface area contributed by atoms with Gasteiger partial charge in [0.15, 0.2) is 0 Å². The number of aliphatic carboxylic acids is 1. The Morgan fingerprint density at radius 3 is 2.48 bits per heavy atom. The van der Waals surface area contributed by atoms with Gasteiger partial charge in [-0.2, -0.15) is 0 Å². The third kappa shape index (κ3) is 3.35. The first-order chi connectivity index (χ1) is 11.0. The number of hydrogen-bond acceptors (Lipinski definition) is 4. The summed E-state index contributed by atoms with van der Waals surface area (Å²) in [6, 6.07) is 13.6. The molecule has 0 fully saturated rings. The lowest BCUT2D eigenvalue weighted by Gasteiger charge is -2.08. The van der Waals surface area contributed by atoms with Crippen molar-refractivity contribution in [2.24, 2.45) is 0 Å². The van der Waals surface area contributed by atoms with Crippen LogP contribution in [0, 0.1) is 0 Å². The summed E-state index contributed by atoms with van der Waals surface area (Å²) in [6.07, 6.45) is -0.0950. The fraction of sp³-hybridized carbons (Fsp3) is 0.0625. The molecular weight excluding hydrogens is 334 g/mol. The SMILES string of the molecule is O=C(O)Cc1ccc(NS(=O)(=O)c2csc3ccccc23)cc1. The first kappa shape index (κ1) is 15.5. The summed E-state index contributed by atoms with van der Waals surface area (Å²) < 4.78 is 28.5. The molecule has 1 aromatic heterocycles. The fourth-order valence-electron chi connectivity index (χ4n) is 2.24. The van der Waals surface area contributed by atoms with E-state index in [0.717, 1.165) is 4.70 Å². The summed E-state index contributed by atoms with van der Waals surface area (Å²) in [4.78, 5) is 10.9. The van der Waals surface area contributed by atoms with E-state index in [-0.39, 0.29) is 11.3 Å². The van der Waals surface area contributed by atoms with Crippen LogP contribution in [0.15, 0.2) is 58.8 Å². The van der Waals surface area contributed by atoms with Crippen LogP contribution in [0.5, 0.6) is 0 Å². The molecule has 3 rings (SSSR count). The minimum atomic E-state index is -3.69. The summed E-state index contributed by atoms with van der Waals surface area (Å²) in [5.41, 5.74) is 1.01. The molecule has 2 N–H and O–H groups in total. The van der Waals surface area contributed by atoms with E-state index in [1.54, 1.807) is 41.8 Å². The quantitative estimate of drug-likeness (QED) is 0.741. The van der Waals surface area contributed by atoms with E-state index in [1.807, 2.05) is 12.1 Å². The van der Waals surface area contributed by atoms with Crippen molar-refractivity contribution >= 4 is 43.1 Å². The van der Waals surface area contributed by atoms with Crippen molar-refractivity contribution in [2.45, 2.75) is 11.3 Å². The molecule has 0 unspecified atom stereocenters. The number of carboxylic acid groups (broad SMARTS) is 1. The number of fused-ring (bicyclic) bond motifs is 1. The summed E-state index contributed by atoms with van der Waals surface area (Å²) in [7, 11) is -3.69. The lowest BCUT2D eigenvalue weighted by Crippen LogP contribution is -2.12. The van der Waals surface area contributed by atoms with Crippen LogP contribution >= 0.6 is 11.3 Å². The Labute approximate surface area is 137 Å². The first-order valence-corrected chi connectivity index (χ1v) is 9.12. The van der Waals surface area contributed by atoms with Gasteiger partial charge in [-0.3, -0.25) is 9.52 Å². The Balaban J connectivity index is 1.88. The molecule has 0 aliphatic rings. The van der Waals surface area contributed by atoms with Crippen molar-refractivity contribution in [1.82, 2.24) is 0 Å². The minimum Gasteiger partial charge on any atom is -0.481 e. The third-order valence-electron chi connectivity index (χ3n) is 3.30. The number of sulfonamides is 1. The van der Waals surface area contributed by atoms with Crippen LogP contribution in [0.4, 0.5) is 5.69 Å². The smallest absolute Gasteiger partial charge is 0.307 e. The molecule has 23 heavy (non-hydrogen) atoms. The Morgan fingerprint density at radius 1 is 1.09 bits per heavy atom. The molecule has 1 heterocycles. The molecule has 0 amide bonds. The highest BCUT2D eigenvalue weighted by Crippen LogP contribution is 2.30. The van der Waals surface area contributed by atoms with E-state index in [4.69, 9.17) is 5.11 Å². The van der Waals surface area contributed by atoms with Crippen LogP contribution in [-0.2, 0) is 21.2 Å². The highest BCUT2D eigenvalue weighted by Gasteiger charge is 2.19. The average molecular weight is 347 g/mol. The van der Waals surface area contributed by atoms with Gasteiger partial charge >= 0.3 is 5.97 Å². The molecule has 5 nitrogen and oxygen atoms in total. The summed E-state index contributed by atoms with van der Waals surface area (Å²) >= 11 is 1.38. The van der Waals surface area contributed by atoms with Gasteiger partial charge in [0.25, 0.3) is 10.0 Å². The van der Waals surface area contributed by atoms with E-state index in [2.05, 4.69) is 4.72 Å². The second-order valence-corrected chi connectivity index (χ2v) is 7.53. The predicted molar refractivity (Wildman–Crippen MR) is 90.4 cm³/mol. The maximum absolute atomic E-state index is 12.5. The molecule has 0 aliphatic carbocycles. The van der Waals surface area contributed by atoms with Gasteiger partial charge in [0.05, 0.1) is 6.42 Å². The number of rotatable bonds is 5. The number of anilines is 1. The Morgan fingerprint density at radius 2 is 1.78 bits per heavy atom. The largest absolute Gasteiger partial charge is 0.481 e. The Bertz CT molecular complexity index is 959. The molecule has 2 aromatic carbocycles. The normalized spacial score (nSPS) is 11.5. The molecule has 0 atom stereocenters. The molecule has 0 bridgehead atoms. The Hall–Kier alpha value is -2.38. The second-order valence-electron chi connectivity index (χ2n) is 4.97. The van der Waals surface area contributed by atoms with Gasteiger partial charge in [0.1, 0.15) is 4.90 Å². The lowest BCUT2D eigenvalue weighted by atomic mass is 10.1. The number of carbonyl (C=O) groups is 1. The molecule has 0 spiro atoms. The summed E-state index contributed by atoms with van der Waals surface area (Å²) in [6.45, 7) is 0. The van der Waals surface area contributed by atoms with Crippen LogP contribution in [0.3, 0.4) is 0 Å². The Kier molecular flexibility index (Phi) is 4.06. The highest BCUT2D eigenvalue weighted by atomic mass is 32.2. The molecule has 7 heteroatoms. The molecule has 0 saturated heterocycles. The summed E-state index contributed by atoms with van der Waals surface area (Å²) in [5.74, 6) is -0.928. The molecule has 118 valence electrons. The fourth-order valence-corrected chi connectivity index (χ4v) is 4.80. The maximum atomic E-state index is 12.5. The number of hydrogen-bond donors (Lipinski definition) is 2. The van der Waals surface area contributed by atoms with E-state index < -0.39 is 16.0 Å².